The van der Waals surface area contributed by atoms with E-state index in [-0.39, 0.29) is 18.9 Å². The van der Waals surface area contributed by atoms with Crippen molar-refractivity contribution in [2.24, 2.45) is 0 Å². The van der Waals surface area contributed by atoms with Crippen molar-refractivity contribution in [3.8, 4) is 28.4 Å². The van der Waals surface area contributed by atoms with Gasteiger partial charge < -0.3 is 19.5 Å². The molecule has 0 saturated carbocycles. The van der Waals surface area contributed by atoms with Gasteiger partial charge in [-0.3, -0.25) is 4.79 Å². The maximum atomic E-state index is 12.2. The Kier molecular flexibility index (Phi) is 6.52. The standard InChI is InChI=1S/C23H23NO4/c1-26-21-13-12-18(16-22(21)27-2)24-23(25)14-15-28-20-11-7-6-10-19(20)17-8-4-3-5-9-17/h3-13,16H,14-15H2,1-2H3,(H,24,25). The van der Waals surface area contributed by atoms with E-state index in [2.05, 4.69) is 5.32 Å². The Hall–Kier alpha value is -3.47. The topological polar surface area (TPSA) is 56.8 Å². The molecule has 0 aliphatic carbocycles. The highest BCUT2D eigenvalue weighted by atomic mass is 16.5. The van der Waals surface area contributed by atoms with Crippen LogP contribution in [-0.4, -0.2) is 26.7 Å². The quantitative estimate of drug-likeness (QED) is 0.614. The highest BCUT2D eigenvalue weighted by Crippen LogP contribution is 2.30. The normalized spacial score (nSPS) is 10.2. The van der Waals surface area contributed by atoms with E-state index in [9.17, 15) is 4.79 Å². The van der Waals surface area contributed by atoms with Crippen LogP contribution >= 0.6 is 0 Å². The summed E-state index contributed by atoms with van der Waals surface area (Å²) in [5.41, 5.74) is 2.73. The summed E-state index contributed by atoms with van der Waals surface area (Å²) in [4.78, 5) is 12.2. The molecule has 3 aromatic rings. The number of ether oxygens (including phenoxy) is 3. The highest BCUT2D eigenvalue weighted by molar-refractivity contribution is 5.91. The Morgan fingerprint density at radius 1 is 0.821 bits per heavy atom. The van der Waals surface area contributed by atoms with Gasteiger partial charge in [0.2, 0.25) is 5.91 Å². The van der Waals surface area contributed by atoms with Crippen molar-refractivity contribution in [3.05, 3.63) is 72.8 Å². The van der Waals surface area contributed by atoms with Crippen LogP contribution in [0.3, 0.4) is 0 Å². The zero-order valence-corrected chi connectivity index (χ0v) is 16.0. The van der Waals surface area contributed by atoms with E-state index in [0.717, 1.165) is 16.9 Å². The maximum Gasteiger partial charge on any atom is 0.227 e. The van der Waals surface area contributed by atoms with E-state index in [1.54, 1.807) is 32.4 Å². The third-order valence-electron chi connectivity index (χ3n) is 4.23. The molecule has 0 atom stereocenters. The number of para-hydroxylation sites is 1. The minimum Gasteiger partial charge on any atom is -0.493 e. The van der Waals surface area contributed by atoms with Crippen LogP contribution in [0, 0.1) is 0 Å². The van der Waals surface area contributed by atoms with E-state index in [4.69, 9.17) is 14.2 Å². The molecule has 0 aliphatic heterocycles. The molecule has 1 N–H and O–H groups in total. The van der Waals surface area contributed by atoms with Gasteiger partial charge in [-0.2, -0.15) is 0 Å². The smallest absolute Gasteiger partial charge is 0.227 e. The summed E-state index contributed by atoms with van der Waals surface area (Å²) in [6.45, 7) is 0.281. The summed E-state index contributed by atoms with van der Waals surface area (Å²) in [7, 11) is 3.13. The second-order valence-electron chi connectivity index (χ2n) is 6.08. The first-order chi connectivity index (χ1) is 13.7. The lowest BCUT2D eigenvalue weighted by atomic mass is 10.1. The number of methoxy groups -OCH3 is 2. The first kappa shape index (κ1) is 19.3. The number of anilines is 1. The van der Waals surface area contributed by atoms with Crippen LogP contribution in [0.15, 0.2) is 72.8 Å². The number of hydrogen-bond acceptors (Lipinski definition) is 4. The second-order valence-corrected chi connectivity index (χ2v) is 6.08. The summed E-state index contributed by atoms with van der Waals surface area (Å²) in [5.74, 6) is 1.80. The Morgan fingerprint density at radius 3 is 2.29 bits per heavy atom. The Morgan fingerprint density at radius 2 is 1.54 bits per heavy atom. The van der Waals surface area contributed by atoms with Crippen LogP contribution < -0.4 is 19.5 Å². The first-order valence-corrected chi connectivity index (χ1v) is 9.00. The molecule has 1 amide bonds. The van der Waals surface area contributed by atoms with Gasteiger partial charge in [0.25, 0.3) is 0 Å². The SMILES string of the molecule is COc1ccc(NC(=O)CCOc2ccccc2-c2ccccc2)cc1OC. The number of benzene rings is 3. The molecule has 0 unspecified atom stereocenters. The van der Waals surface area contributed by atoms with E-state index >= 15 is 0 Å². The molecule has 5 nitrogen and oxygen atoms in total. The fraction of sp³-hybridized carbons (Fsp3) is 0.174. The number of carbonyl (C=O) groups is 1. The van der Waals surface area contributed by atoms with Gasteiger partial charge in [-0.25, -0.2) is 0 Å². The van der Waals surface area contributed by atoms with Crippen molar-refractivity contribution in [3.63, 3.8) is 0 Å². The molecule has 5 heteroatoms. The number of hydrogen-bond donors (Lipinski definition) is 1. The van der Waals surface area contributed by atoms with Crippen molar-refractivity contribution in [1.82, 2.24) is 0 Å². The molecule has 0 heterocycles. The molecule has 0 aliphatic rings. The third kappa shape index (κ3) is 4.82. The van der Waals surface area contributed by atoms with E-state index < -0.39 is 0 Å². The second kappa shape index (κ2) is 9.46. The lowest BCUT2D eigenvalue weighted by Gasteiger charge is -2.12. The average molecular weight is 377 g/mol. The number of rotatable bonds is 8. The number of nitrogens with one attached hydrogen (secondary N) is 1. The average Bonchev–Trinajstić information content (AvgIpc) is 2.74. The summed E-state index contributed by atoms with van der Waals surface area (Å²) in [5, 5.41) is 2.85. The van der Waals surface area contributed by atoms with Crippen LogP contribution in [-0.2, 0) is 4.79 Å². The summed E-state index contributed by atoms with van der Waals surface area (Å²) < 4.78 is 16.3. The van der Waals surface area contributed by atoms with Crippen molar-refractivity contribution in [2.45, 2.75) is 6.42 Å². The Balaban J connectivity index is 1.58. The van der Waals surface area contributed by atoms with Crippen LogP contribution in [0.5, 0.6) is 17.2 Å². The van der Waals surface area contributed by atoms with Crippen LogP contribution in [0.2, 0.25) is 0 Å². The largest absolute Gasteiger partial charge is 0.493 e. The van der Waals surface area contributed by atoms with Gasteiger partial charge in [-0.05, 0) is 23.8 Å². The predicted molar refractivity (Wildman–Crippen MR) is 110 cm³/mol. The van der Waals surface area contributed by atoms with Crippen molar-refractivity contribution >= 4 is 11.6 Å². The molecule has 0 spiro atoms. The summed E-state index contributed by atoms with van der Waals surface area (Å²) in [6.07, 6.45) is 0.234. The predicted octanol–water partition coefficient (Wildman–Crippen LogP) is 4.78. The zero-order chi connectivity index (χ0) is 19.8. The molecular formula is C23H23NO4. The molecule has 0 fully saturated rings. The lowest BCUT2D eigenvalue weighted by molar-refractivity contribution is -0.116. The molecule has 0 bridgehead atoms. The van der Waals surface area contributed by atoms with Crippen molar-refractivity contribution in [1.29, 1.82) is 0 Å². The van der Waals surface area contributed by atoms with Crippen molar-refractivity contribution in [2.75, 3.05) is 26.1 Å². The van der Waals surface area contributed by atoms with Crippen molar-refractivity contribution < 1.29 is 19.0 Å². The van der Waals surface area contributed by atoms with E-state index in [1.807, 2.05) is 54.6 Å². The van der Waals surface area contributed by atoms with Crippen LogP contribution in [0.25, 0.3) is 11.1 Å². The fourth-order valence-electron chi connectivity index (χ4n) is 2.84. The summed E-state index contributed by atoms with van der Waals surface area (Å²) in [6, 6.07) is 23.1. The fourth-order valence-corrected chi connectivity index (χ4v) is 2.84. The van der Waals surface area contributed by atoms with Gasteiger partial charge >= 0.3 is 0 Å². The van der Waals surface area contributed by atoms with Gasteiger partial charge in [0.1, 0.15) is 5.75 Å². The van der Waals surface area contributed by atoms with Gasteiger partial charge in [0.15, 0.2) is 11.5 Å². The summed E-state index contributed by atoms with van der Waals surface area (Å²) >= 11 is 0. The Labute approximate surface area is 164 Å². The number of amides is 1. The zero-order valence-electron chi connectivity index (χ0n) is 16.0. The first-order valence-electron chi connectivity index (χ1n) is 9.00. The molecule has 0 saturated heterocycles. The Bertz CT molecular complexity index is 925. The molecular weight excluding hydrogens is 354 g/mol. The van der Waals surface area contributed by atoms with Gasteiger partial charge in [-0.15, -0.1) is 0 Å². The van der Waals surface area contributed by atoms with E-state index in [0.29, 0.717) is 17.2 Å². The highest BCUT2D eigenvalue weighted by Gasteiger charge is 2.09. The van der Waals surface area contributed by atoms with Gasteiger partial charge in [0, 0.05) is 17.3 Å². The number of carbonyl (C=O) groups excluding carboxylic acids is 1. The third-order valence-corrected chi connectivity index (χ3v) is 4.23. The monoisotopic (exact) mass is 377 g/mol. The van der Waals surface area contributed by atoms with Crippen LogP contribution in [0.4, 0.5) is 5.69 Å². The molecule has 28 heavy (non-hydrogen) atoms. The molecule has 0 aromatic heterocycles. The van der Waals surface area contributed by atoms with Gasteiger partial charge in [0.05, 0.1) is 27.2 Å². The van der Waals surface area contributed by atoms with Gasteiger partial charge in [-0.1, -0.05) is 48.5 Å². The molecule has 3 rings (SSSR count). The lowest BCUT2D eigenvalue weighted by Crippen LogP contribution is -2.15. The maximum absolute atomic E-state index is 12.2. The van der Waals surface area contributed by atoms with E-state index in [1.165, 1.54) is 0 Å². The minimum atomic E-state index is -0.135. The molecule has 0 radical (unpaired) electrons. The molecule has 144 valence electrons. The van der Waals surface area contributed by atoms with Crippen LogP contribution in [0.1, 0.15) is 6.42 Å². The minimum absolute atomic E-state index is 0.135. The molecule has 3 aromatic carbocycles.